The molecule has 1 fully saturated rings. The van der Waals surface area contributed by atoms with Gasteiger partial charge in [-0.2, -0.15) is 0 Å². The largest absolute Gasteiger partial charge is 0.431 e. The Bertz CT molecular complexity index is 542. The Morgan fingerprint density at radius 3 is 2.00 bits per heavy atom. The lowest BCUT2D eigenvalue weighted by molar-refractivity contribution is -0.293. The number of unbranched alkanes of at least 4 members (excludes halogenated alkanes) is 8. The van der Waals surface area contributed by atoms with Crippen LogP contribution in [-0.2, 0) is 19.1 Å². The first-order valence-electron chi connectivity index (χ1n) is 12.0. The Morgan fingerprint density at radius 1 is 0.906 bits per heavy atom. The predicted octanol–water partition coefficient (Wildman–Crippen LogP) is 1.39. The van der Waals surface area contributed by atoms with Gasteiger partial charge in [0.1, 0.15) is 30.5 Å². The number of aliphatic hydroxyl groups is 4. The van der Waals surface area contributed by atoms with E-state index in [4.69, 9.17) is 9.47 Å². The Balaban J connectivity index is 2.41. The lowest BCUT2D eigenvalue weighted by Crippen LogP contribution is -2.60. The van der Waals surface area contributed by atoms with E-state index >= 15 is 0 Å². The second kappa shape index (κ2) is 15.6. The molecule has 0 saturated carbocycles. The van der Waals surface area contributed by atoms with Crippen molar-refractivity contribution in [3.8, 4) is 0 Å². The smallest absolute Gasteiger partial charge is 0.331 e. The van der Waals surface area contributed by atoms with Gasteiger partial charge in [-0.15, -0.1) is 0 Å². The zero-order valence-corrected chi connectivity index (χ0v) is 19.7. The molecule has 1 heterocycles. The molecule has 0 bridgehead atoms. The predicted molar refractivity (Wildman–Crippen MR) is 118 cm³/mol. The van der Waals surface area contributed by atoms with Crippen LogP contribution in [0.2, 0.25) is 0 Å². The summed E-state index contributed by atoms with van der Waals surface area (Å²) in [5.41, 5.74) is 0. The van der Waals surface area contributed by atoms with Crippen molar-refractivity contribution in [3.05, 3.63) is 0 Å². The second-order valence-electron chi connectivity index (χ2n) is 9.00. The van der Waals surface area contributed by atoms with E-state index in [9.17, 15) is 30.0 Å². The van der Waals surface area contributed by atoms with Gasteiger partial charge in [0, 0.05) is 6.42 Å². The van der Waals surface area contributed by atoms with Crippen LogP contribution in [0.25, 0.3) is 0 Å². The number of hydrogen-bond acceptors (Lipinski definition) is 8. The topological polar surface area (TPSA) is 146 Å². The lowest BCUT2D eigenvalue weighted by Gasteiger charge is -2.39. The van der Waals surface area contributed by atoms with E-state index in [-0.39, 0.29) is 11.8 Å². The van der Waals surface area contributed by atoms with Gasteiger partial charge in [-0.05, 0) is 12.3 Å². The molecule has 0 aliphatic carbocycles. The molecule has 1 rings (SSSR count). The summed E-state index contributed by atoms with van der Waals surface area (Å²) >= 11 is 0. The summed E-state index contributed by atoms with van der Waals surface area (Å²) in [7, 11) is 0. The van der Waals surface area contributed by atoms with Gasteiger partial charge in [0.15, 0.2) is 0 Å². The third kappa shape index (κ3) is 9.70. The highest BCUT2D eigenvalue weighted by molar-refractivity contribution is 5.84. The van der Waals surface area contributed by atoms with Crippen molar-refractivity contribution in [2.24, 2.45) is 5.92 Å². The molecule has 9 heteroatoms. The van der Waals surface area contributed by atoms with Gasteiger partial charge in [0.05, 0.1) is 6.61 Å². The molecular weight excluding hydrogens is 418 g/mol. The van der Waals surface area contributed by atoms with E-state index in [0.29, 0.717) is 6.42 Å². The summed E-state index contributed by atoms with van der Waals surface area (Å²) in [6.07, 6.45) is 2.99. The SMILES string of the molecule is CCCCCCCCCCCC(=O)N[C@H](C(=O)O[C@H]1O[C@H](CO)[C@H](O)[C@H](O)[C@H]1O)C(C)C. The van der Waals surface area contributed by atoms with E-state index in [1.807, 2.05) is 0 Å². The number of hydrogen-bond donors (Lipinski definition) is 5. The van der Waals surface area contributed by atoms with Crippen molar-refractivity contribution < 1.29 is 39.5 Å². The molecule has 1 aliphatic rings. The standard InChI is InChI=1S/C23H43NO8/c1-4-5-6-7-8-9-10-11-12-13-17(26)24-18(15(2)3)22(30)32-23-21(29)20(28)19(27)16(14-25)31-23/h15-16,18-21,23,25,27-29H,4-14H2,1-3H3,(H,24,26)/t16-,18+,19+,20+,21-,23-/m1/s1. The molecular formula is C23H43NO8. The van der Waals surface area contributed by atoms with Crippen LogP contribution in [0.3, 0.4) is 0 Å². The Labute approximate surface area is 191 Å². The first-order valence-corrected chi connectivity index (χ1v) is 12.0. The van der Waals surface area contributed by atoms with Crippen molar-refractivity contribution in [1.82, 2.24) is 5.32 Å². The van der Waals surface area contributed by atoms with Crippen LogP contribution < -0.4 is 5.32 Å². The Hall–Kier alpha value is -1.26. The minimum absolute atomic E-state index is 0.252. The first kappa shape index (κ1) is 28.8. The maximum Gasteiger partial charge on any atom is 0.331 e. The Morgan fingerprint density at radius 2 is 1.47 bits per heavy atom. The number of ether oxygens (including phenoxy) is 2. The fraction of sp³-hybridized carbons (Fsp3) is 0.913. The van der Waals surface area contributed by atoms with E-state index in [0.717, 1.165) is 19.3 Å². The first-order chi connectivity index (χ1) is 15.2. The number of aliphatic hydroxyl groups excluding tert-OH is 4. The van der Waals surface area contributed by atoms with Crippen LogP contribution in [-0.4, -0.2) is 75.7 Å². The van der Waals surface area contributed by atoms with Crippen molar-refractivity contribution in [2.45, 2.75) is 122 Å². The number of carbonyl (C=O) groups is 2. The van der Waals surface area contributed by atoms with Crippen molar-refractivity contribution >= 4 is 11.9 Å². The highest BCUT2D eigenvalue weighted by Gasteiger charge is 2.46. The molecule has 5 N–H and O–H groups in total. The van der Waals surface area contributed by atoms with Crippen LogP contribution in [0, 0.1) is 5.92 Å². The van der Waals surface area contributed by atoms with Crippen LogP contribution >= 0.6 is 0 Å². The quantitative estimate of drug-likeness (QED) is 0.182. The zero-order valence-electron chi connectivity index (χ0n) is 19.7. The molecule has 1 amide bonds. The summed E-state index contributed by atoms with van der Waals surface area (Å²) < 4.78 is 10.4. The molecule has 0 radical (unpaired) electrons. The van der Waals surface area contributed by atoms with E-state index in [1.54, 1.807) is 13.8 Å². The molecule has 0 aromatic rings. The van der Waals surface area contributed by atoms with Gasteiger partial charge < -0.3 is 35.2 Å². The molecule has 0 spiro atoms. The zero-order chi connectivity index (χ0) is 24.1. The summed E-state index contributed by atoms with van der Waals surface area (Å²) in [6.45, 7) is 5.07. The van der Waals surface area contributed by atoms with E-state index < -0.39 is 49.3 Å². The molecule has 0 aromatic carbocycles. The summed E-state index contributed by atoms with van der Waals surface area (Å²) in [4.78, 5) is 24.9. The van der Waals surface area contributed by atoms with Crippen molar-refractivity contribution in [1.29, 1.82) is 0 Å². The molecule has 188 valence electrons. The van der Waals surface area contributed by atoms with Gasteiger partial charge in [-0.1, -0.05) is 72.1 Å². The van der Waals surface area contributed by atoms with Crippen LogP contribution in [0.1, 0.15) is 85.0 Å². The maximum absolute atomic E-state index is 12.6. The number of nitrogens with one attached hydrogen (secondary N) is 1. The lowest BCUT2D eigenvalue weighted by atomic mass is 9.99. The summed E-state index contributed by atoms with van der Waals surface area (Å²) in [6, 6.07) is -0.951. The van der Waals surface area contributed by atoms with Gasteiger partial charge in [-0.3, -0.25) is 4.79 Å². The molecule has 0 aromatic heterocycles. The highest BCUT2D eigenvalue weighted by atomic mass is 16.7. The summed E-state index contributed by atoms with van der Waals surface area (Å²) in [5.74, 6) is -1.35. The molecule has 1 saturated heterocycles. The molecule has 0 unspecified atom stereocenters. The normalized spacial score (nSPS) is 26.7. The molecule has 1 aliphatic heterocycles. The molecule has 32 heavy (non-hydrogen) atoms. The average Bonchev–Trinajstić information content (AvgIpc) is 2.76. The van der Waals surface area contributed by atoms with Crippen molar-refractivity contribution in [2.75, 3.05) is 6.61 Å². The highest BCUT2D eigenvalue weighted by Crippen LogP contribution is 2.23. The van der Waals surface area contributed by atoms with E-state index in [2.05, 4.69) is 12.2 Å². The monoisotopic (exact) mass is 461 g/mol. The van der Waals surface area contributed by atoms with Gasteiger partial charge in [0.2, 0.25) is 12.2 Å². The van der Waals surface area contributed by atoms with Gasteiger partial charge in [0.25, 0.3) is 0 Å². The van der Waals surface area contributed by atoms with Crippen LogP contribution in [0.5, 0.6) is 0 Å². The minimum atomic E-state index is -1.68. The fourth-order valence-electron chi connectivity index (χ4n) is 3.69. The number of carbonyl (C=O) groups excluding carboxylic acids is 2. The number of esters is 1. The Kier molecular flexibility index (Phi) is 14.0. The number of amides is 1. The van der Waals surface area contributed by atoms with Gasteiger partial charge in [-0.25, -0.2) is 4.79 Å². The third-order valence-corrected chi connectivity index (χ3v) is 5.83. The van der Waals surface area contributed by atoms with Crippen LogP contribution in [0.4, 0.5) is 0 Å². The van der Waals surface area contributed by atoms with E-state index in [1.165, 1.54) is 38.5 Å². The minimum Gasteiger partial charge on any atom is -0.431 e. The third-order valence-electron chi connectivity index (χ3n) is 5.83. The summed E-state index contributed by atoms with van der Waals surface area (Å²) in [5, 5.41) is 41.6. The maximum atomic E-state index is 12.6. The van der Waals surface area contributed by atoms with Gasteiger partial charge >= 0.3 is 5.97 Å². The fourth-order valence-corrected chi connectivity index (χ4v) is 3.69. The van der Waals surface area contributed by atoms with Crippen molar-refractivity contribution in [3.63, 3.8) is 0 Å². The second-order valence-corrected chi connectivity index (χ2v) is 9.00. The number of rotatable bonds is 15. The average molecular weight is 462 g/mol. The van der Waals surface area contributed by atoms with Crippen LogP contribution in [0.15, 0.2) is 0 Å². The molecule has 6 atom stereocenters. The molecule has 9 nitrogen and oxygen atoms in total.